The van der Waals surface area contributed by atoms with Gasteiger partial charge in [-0.1, -0.05) is 0 Å². The van der Waals surface area contributed by atoms with Crippen LogP contribution in [0.3, 0.4) is 0 Å². The van der Waals surface area contributed by atoms with Gasteiger partial charge in [-0.2, -0.15) is 0 Å². The summed E-state index contributed by atoms with van der Waals surface area (Å²) in [6.45, 7) is 4.09. The van der Waals surface area contributed by atoms with Crippen LogP contribution in [0.2, 0.25) is 0 Å². The number of nitrogens with zero attached hydrogens (tertiary/aromatic N) is 2. The number of piperidine rings is 1. The summed E-state index contributed by atoms with van der Waals surface area (Å²) in [5, 5.41) is 2.91. The van der Waals surface area contributed by atoms with Crippen LogP contribution in [0.4, 0.5) is 0 Å². The second kappa shape index (κ2) is 7.95. The van der Waals surface area contributed by atoms with E-state index in [1.807, 2.05) is 14.1 Å². The van der Waals surface area contributed by atoms with Crippen molar-refractivity contribution in [1.29, 1.82) is 0 Å². The molecule has 0 radical (unpaired) electrons. The number of hydrogen-bond acceptors (Lipinski definition) is 4. The smallest absolute Gasteiger partial charge is 0.224 e. The number of hydrogen-bond donors (Lipinski definition) is 1. The van der Waals surface area contributed by atoms with E-state index in [9.17, 15) is 13.2 Å². The molecule has 0 saturated carbocycles. The summed E-state index contributed by atoms with van der Waals surface area (Å²) in [4.78, 5) is 14.1. The number of amides is 1. The third-order valence-corrected chi connectivity index (χ3v) is 5.44. The second-order valence-corrected chi connectivity index (χ2v) is 7.80. The maximum atomic E-state index is 12.1. The first-order valence-electron chi connectivity index (χ1n) is 7.27. The predicted molar refractivity (Wildman–Crippen MR) is 79.9 cm³/mol. The molecule has 1 saturated heterocycles. The largest absolute Gasteiger partial charge is 0.356 e. The van der Waals surface area contributed by atoms with Gasteiger partial charge in [0, 0.05) is 19.6 Å². The molecule has 118 valence electrons. The van der Waals surface area contributed by atoms with Crippen LogP contribution < -0.4 is 5.32 Å². The van der Waals surface area contributed by atoms with Gasteiger partial charge in [-0.05, 0) is 46.8 Å². The first kappa shape index (κ1) is 17.4. The summed E-state index contributed by atoms with van der Waals surface area (Å²) in [6.07, 6.45) is 2.44. The number of sulfonamides is 1. The van der Waals surface area contributed by atoms with Gasteiger partial charge in [-0.3, -0.25) is 4.79 Å². The second-order valence-electron chi connectivity index (χ2n) is 5.55. The Hall–Kier alpha value is -0.660. The van der Waals surface area contributed by atoms with Crippen molar-refractivity contribution in [2.45, 2.75) is 26.2 Å². The Bertz CT molecular complexity index is 409. The van der Waals surface area contributed by atoms with Crippen molar-refractivity contribution in [1.82, 2.24) is 14.5 Å². The molecule has 1 aliphatic rings. The van der Waals surface area contributed by atoms with Crippen LogP contribution in [0.5, 0.6) is 0 Å². The fourth-order valence-corrected chi connectivity index (χ4v) is 3.52. The maximum absolute atomic E-state index is 12.1. The van der Waals surface area contributed by atoms with Gasteiger partial charge < -0.3 is 10.2 Å². The Balaban J connectivity index is 2.41. The third kappa shape index (κ3) is 5.38. The summed E-state index contributed by atoms with van der Waals surface area (Å²) in [5.41, 5.74) is 0. The Morgan fingerprint density at radius 1 is 1.40 bits per heavy atom. The SMILES string of the molecule is CCS(=O)(=O)N1CCC[C@@H](C(=O)NCCCN(C)C)C1. The highest BCUT2D eigenvalue weighted by atomic mass is 32.2. The highest BCUT2D eigenvalue weighted by Gasteiger charge is 2.31. The molecule has 6 nitrogen and oxygen atoms in total. The van der Waals surface area contributed by atoms with E-state index in [1.165, 1.54) is 4.31 Å². The van der Waals surface area contributed by atoms with Gasteiger partial charge >= 0.3 is 0 Å². The average Bonchev–Trinajstić information content (AvgIpc) is 2.43. The molecule has 1 aliphatic heterocycles. The Kier molecular flexibility index (Phi) is 6.91. The Morgan fingerprint density at radius 2 is 2.10 bits per heavy atom. The lowest BCUT2D eigenvalue weighted by molar-refractivity contribution is -0.126. The summed E-state index contributed by atoms with van der Waals surface area (Å²) >= 11 is 0. The number of carbonyl (C=O) groups excluding carboxylic acids is 1. The zero-order chi connectivity index (χ0) is 15.2. The molecular weight excluding hydrogens is 278 g/mol. The highest BCUT2D eigenvalue weighted by molar-refractivity contribution is 7.89. The minimum atomic E-state index is -3.18. The molecule has 0 spiro atoms. The van der Waals surface area contributed by atoms with Gasteiger partial charge in [-0.15, -0.1) is 0 Å². The van der Waals surface area contributed by atoms with Crippen LogP contribution in [0.25, 0.3) is 0 Å². The maximum Gasteiger partial charge on any atom is 0.224 e. The summed E-state index contributed by atoms with van der Waals surface area (Å²) in [5.74, 6) is -0.117. The van der Waals surface area contributed by atoms with E-state index in [0.29, 0.717) is 19.6 Å². The number of carbonyl (C=O) groups is 1. The van der Waals surface area contributed by atoms with Crippen LogP contribution >= 0.6 is 0 Å². The molecule has 0 unspecified atom stereocenters. The predicted octanol–water partition coefficient (Wildman–Crippen LogP) is 0.116. The van der Waals surface area contributed by atoms with Crippen LogP contribution in [0, 0.1) is 5.92 Å². The highest BCUT2D eigenvalue weighted by Crippen LogP contribution is 2.19. The molecule has 0 aromatic carbocycles. The number of rotatable bonds is 7. The molecule has 7 heteroatoms. The fraction of sp³-hybridized carbons (Fsp3) is 0.923. The van der Waals surface area contributed by atoms with E-state index in [-0.39, 0.29) is 17.6 Å². The first-order valence-corrected chi connectivity index (χ1v) is 8.88. The minimum Gasteiger partial charge on any atom is -0.356 e. The lowest BCUT2D eigenvalue weighted by atomic mass is 9.99. The lowest BCUT2D eigenvalue weighted by Crippen LogP contribution is -2.46. The van der Waals surface area contributed by atoms with Crippen LogP contribution in [-0.4, -0.2) is 69.6 Å². The fourth-order valence-electron chi connectivity index (χ4n) is 2.34. The monoisotopic (exact) mass is 305 g/mol. The number of nitrogens with one attached hydrogen (secondary N) is 1. The zero-order valence-electron chi connectivity index (χ0n) is 12.8. The van der Waals surface area contributed by atoms with E-state index >= 15 is 0 Å². The van der Waals surface area contributed by atoms with Gasteiger partial charge in [0.2, 0.25) is 15.9 Å². The van der Waals surface area contributed by atoms with E-state index in [1.54, 1.807) is 6.92 Å². The van der Waals surface area contributed by atoms with Crippen LogP contribution in [0.1, 0.15) is 26.2 Å². The normalized spacial score (nSPS) is 21.1. The standard InChI is InChI=1S/C13H27N3O3S/c1-4-20(18,19)16-10-5-7-12(11-16)13(17)14-8-6-9-15(2)3/h12H,4-11H2,1-3H3,(H,14,17)/t12-/m1/s1. The Morgan fingerprint density at radius 3 is 2.70 bits per heavy atom. The molecule has 0 bridgehead atoms. The van der Waals surface area contributed by atoms with Gasteiger partial charge in [0.1, 0.15) is 0 Å². The van der Waals surface area contributed by atoms with E-state index in [0.717, 1.165) is 25.8 Å². The molecule has 1 rings (SSSR count). The first-order chi connectivity index (χ1) is 9.36. The summed E-state index contributed by atoms with van der Waals surface area (Å²) < 4.78 is 25.2. The molecule has 0 aliphatic carbocycles. The van der Waals surface area contributed by atoms with Gasteiger partial charge in [0.15, 0.2) is 0 Å². The van der Waals surface area contributed by atoms with Crippen LogP contribution in [0.15, 0.2) is 0 Å². The van der Waals surface area contributed by atoms with Crippen molar-refractivity contribution in [2.24, 2.45) is 5.92 Å². The molecule has 0 aromatic rings. The Labute approximate surface area is 122 Å². The van der Waals surface area contributed by atoms with E-state index in [2.05, 4.69) is 10.2 Å². The topological polar surface area (TPSA) is 69.7 Å². The average molecular weight is 305 g/mol. The molecule has 1 atom stereocenters. The third-order valence-electron chi connectivity index (χ3n) is 3.59. The summed E-state index contributed by atoms with van der Waals surface area (Å²) in [6, 6.07) is 0. The van der Waals surface area contributed by atoms with Crippen LogP contribution in [-0.2, 0) is 14.8 Å². The van der Waals surface area contributed by atoms with Crippen molar-refractivity contribution in [3.63, 3.8) is 0 Å². The van der Waals surface area contributed by atoms with Crippen molar-refractivity contribution in [3.05, 3.63) is 0 Å². The minimum absolute atomic E-state index is 0.0141. The molecular formula is C13H27N3O3S. The van der Waals surface area contributed by atoms with Crippen molar-refractivity contribution in [3.8, 4) is 0 Å². The van der Waals surface area contributed by atoms with Gasteiger partial charge in [0.25, 0.3) is 0 Å². The summed E-state index contributed by atoms with van der Waals surface area (Å²) in [7, 11) is 0.816. The molecule has 1 fully saturated rings. The quantitative estimate of drug-likeness (QED) is 0.678. The van der Waals surface area contributed by atoms with E-state index < -0.39 is 10.0 Å². The lowest BCUT2D eigenvalue weighted by Gasteiger charge is -2.30. The van der Waals surface area contributed by atoms with E-state index in [4.69, 9.17) is 0 Å². The van der Waals surface area contributed by atoms with Crippen molar-refractivity contribution < 1.29 is 13.2 Å². The molecule has 1 heterocycles. The zero-order valence-corrected chi connectivity index (χ0v) is 13.6. The molecule has 20 heavy (non-hydrogen) atoms. The van der Waals surface area contributed by atoms with Gasteiger partial charge in [0.05, 0.1) is 11.7 Å². The molecule has 0 aromatic heterocycles. The van der Waals surface area contributed by atoms with Gasteiger partial charge in [-0.25, -0.2) is 12.7 Å². The van der Waals surface area contributed by atoms with Crippen molar-refractivity contribution >= 4 is 15.9 Å². The van der Waals surface area contributed by atoms with Crippen molar-refractivity contribution in [2.75, 3.05) is 46.0 Å². The molecule has 1 N–H and O–H groups in total. The molecule has 1 amide bonds.